The van der Waals surface area contributed by atoms with E-state index in [4.69, 9.17) is 5.11 Å². The Morgan fingerprint density at radius 2 is 2.07 bits per heavy atom. The van der Waals surface area contributed by atoms with Gasteiger partial charge in [0.2, 0.25) is 0 Å². The van der Waals surface area contributed by atoms with E-state index in [0.717, 1.165) is 16.5 Å². The molecule has 1 aromatic carbocycles. The first kappa shape index (κ1) is 9.65. The standard InChI is InChI=1S/C12H11NO2/c1-7-6-13-11-9(8(7)2)4-3-5-10(11)12(14)15/h3-6H,1-2H3,(H,14,15). The van der Waals surface area contributed by atoms with E-state index in [1.807, 2.05) is 19.9 Å². The topological polar surface area (TPSA) is 50.2 Å². The van der Waals surface area contributed by atoms with Gasteiger partial charge in [-0.3, -0.25) is 4.98 Å². The third kappa shape index (κ3) is 1.46. The Morgan fingerprint density at radius 3 is 2.73 bits per heavy atom. The molecule has 3 heteroatoms. The van der Waals surface area contributed by atoms with Crippen LogP contribution in [0.4, 0.5) is 0 Å². The summed E-state index contributed by atoms with van der Waals surface area (Å²) in [5.74, 6) is -0.934. The summed E-state index contributed by atoms with van der Waals surface area (Å²) in [5.41, 5.74) is 2.98. The van der Waals surface area contributed by atoms with Crippen molar-refractivity contribution in [3.05, 3.63) is 41.1 Å². The van der Waals surface area contributed by atoms with Crippen LogP contribution >= 0.6 is 0 Å². The second kappa shape index (κ2) is 3.35. The van der Waals surface area contributed by atoms with Crippen LogP contribution in [0, 0.1) is 13.8 Å². The average molecular weight is 201 g/mol. The molecule has 0 aliphatic heterocycles. The van der Waals surface area contributed by atoms with Crippen molar-refractivity contribution in [1.82, 2.24) is 4.98 Å². The van der Waals surface area contributed by atoms with Gasteiger partial charge in [-0.2, -0.15) is 0 Å². The molecule has 0 unspecified atom stereocenters. The summed E-state index contributed by atoms with van der Waals surface area (Å²) < 4.78 is 0. The molecular weight excluding hydrogens is 190 g/mol. The maximum atomic E-state index is 11.0. The van der Waals surface area contributed by atoms with Crippen LogP contribution in [-0.2, 0) is 0 Å². The summed E-state index contributed by atoms with van der Waals surface area (Å²) in [6, 6.07) is 5.23. The van der Waals surface area contributed by atoms with Gasteiger partial charge in [0.05, 0.1) is 11.1 Å². The van der Waals surface area contributed by atoms with E-state index in [2.05, 4.69) is 4.98 Å². The van der Waals surface area contributed by atoms with Crippen molar-refractivity contribution in [2.24, 2.45) is 0 Å². The number of hydrogen-bond donors (Lipinski definition) is 1. The van der Waals surface area contributed by atoms with Crippen molar-refractivity contribution in [2.75, 3.05) is 0 Å². The zero-order valence-corrected chi connectivity index (χ0v) is 8.61. The Hall–Kier alpha value is -1.90. The van der Waals surface area contributed by atoms with E-state index in [1.54, 1.807) is 18.3 Å². The lowest BCUT2D eigenvalue weighted by Crippen LogP contribution is -2.00. The number of nitrogens with zero attached hydrogens (tertiary/aromatic N) is 1. The fourth-order valence-electron chi connectivity index (χ4n) is 1.63. The Kier molecular flexibility index (Phi) is 2.15. The maximum absolute atomic E-state index is 11.0. The highest BCUT2D eigenvalue weighted by atomic mass is 16.4. The van der Waals surface area contributed by atoms with Crippen molar-refractivity contribution in [2.45, 2.75) is 13.8 Å². The molecule has 0 atom stereocenters. The van der Waals surface area contributed by atoms with Gasteiger partial charge in [-0.25, -0.2) is 4.79 Å². The van der Waals surface area contributed by atoms with E-state index in [1.165, 1.54) is 0 Å². The molecule has 2 aromatic rings. The van der Waals surface area contributed by atoms with Crippen LogP contribution in [0.25, 0.3) is 10.9 Å². The number of aryl methyl sites for hydroxylation is 2. The summed E-state index contributed by atoms with van der Waals surface area (Å²) in [5, 5.41) is 9.91. The van der Waals surface area contributed by atoms with Crippen LogP contribution in [0.3, 0.4) is 0 Å². The van der Waals surface area contributed by atoms with E-state index in [9.17, 15) is 4.79 Å². The largest absolute Gasteiger partial charge is 0.478 e. The van der Waals surface area contributed by atoms with Crippen LogP contribution in [0.2, 0.25) is 0 Å². The van der Waals surface area contributed by atoms with E-state index < -0.39 is 5.97 Å². The molecule has 1 heterocycles. The highest BCUT2D eigenvalue weighted by Crippen LogP contribution is 2.22. The molecule has 0 saturated heterocycles. The zero-order valence-electron chi connectivity index (χ0n) is 8.61. The average Bonchev–Trinajstić information content (AvgIpc) is 2.23. The number of para-hydroxylation sites is 1. The highest BCUT2D eigenvalue weighted by molar-refractivity contribution is 6.02. The van der Waals surface area contributed by atoms with E-state index in [0.29, 0.717) is 5.52 Å². The van der Waals surface area contributed by atoms with Gasteiger partial charge in [0.15, 0.2) is 0 Å². The first-order valence-electron chi connectivity index (χ1n) is 4.69. The first-order chi connectivity index (χ1) is 7.11. The van der Waals surface area contributed by atoms with Crippen LogP contribution in [0.5, 0.6) is 0 Å². The van der Waals surface area contributed by atoms with Gasteiger partial charge < -0.3 is 5.11 Å². The van der Waals surface area contributed by atoms with E-state index in [-0.39, 0.29) is 5.56 Å². The van der Waals surface area contributed by atoms with Gasteiger partial charge in [0, 0.05) is 11.6 Å². The molecule has 1 aromatic heterocycles. The lowest BCUT2D eigenvalue weighted by atomic mass is 10.0. The zero-order chi connectivity index (χ0) is 11.0. The molecule has 0 fully saturated rings. The number of carbonyl (C=O) groups is 1. The predicted octanol–water partition coefficient (Wildman–Crippen LogP) is 2.55. The number of aromatic nitrogens is 1. The van der Waals surface area contributed by atoms with Crippen molar-refractivity contribution in [3.8, 4) is 0 Å². The minimum atomic E-state index is -0.934. The van der Waals surface area contributed by atoms with Crippen LogP contribution in [-0.4, -0.2) is 16.1 Å². The molecule has 0 aliphatic rings. The molecule has 15 heavy (non-hydrogen) atoms. The predicted molar refractivity (Wildman–Crippen MR) is 58.2 cm³/mol. The number of aromatic carboxylic acids is 1. The Labute approximate surface area is 87.4 Å². The summed E-state index contributed by atoms with van der Waals surface area (Å²) in [6.07, 6.45) is 1.71. The smallest absolute Gasteiger partial charge is 0.337 e. The number of benzene rings is 1. The third-order valence-electron chi connectivity index (χ3n) is 2.65. The molecule has 0 amide bonds. The molecule has 0 spiro atoms. The fourth-order valence-corrected chi connectivity index (χ4v) is 1.63. The van der Waals surface area contributed by atoms with Crippen molar-refractivity contribution in [1.29, 1.82) is 0 Å². The minimum absolute atomic E-state index is 0.260. The second-order valence-electron chi connectivity index (χ2n) is 3.57. The summed E-state index contributed by atoms with van der Waals surface area (Å²) >= 11 is 0. The van der Waals surface area contributed by atoms with Crippen molar-refractivity contribution < 1.29 is 9.90 Å². The summed E-state index contributed by atoms with van der Waals surface area (Å²) in [6.45, 7) is 3.94. The normalized spacial score (nSPS) is 10.5. The van der Waals surface area contributed by atoms with Gasteiger partial charge in [0.25, 0.3) is 0 Å². The van der Waals surface area contributed by atoms with Crippen molar-refractivity contribution in [3.63, 3.8) is 0 Å². The van der Waals surface area contributed by atoms with Crippen LogP contribution in [0.1, 0.15) is 21.5 Å². The Morgan fingerprint density at radius 1 is 1.33 bits per heavy atom. The lowest BCUT2D eigenvalue weighted by molar-refractivity contribution is 0.0699. The monoisotopic (exact) mass is 201 g/mol. The molecule has 3 nitrogen and oxygen atoms in total. The highest BCUT2D eigenvalue weighted by Gasteiger charge is 2.10. The number of hydrogen-bond acceptors (Lipinski definition) is 2. The van der Waals surface area contributed by atoms with Gasteiger partial charge in [-0.15, -0.1) is 0 Å². The van der Waals surface area contributed by atoms with Gasteiger partial charge in [-0.05, 0) is 31.0 Å². The molecule has 0 saturated carbocycles. The first-order valence-corrected chi connectivity index (χ1v) is 4.69. The number of pyridine rings is 1. The van der Waals surface area contributed by atoms with E-state index >= 15 is 0 Å². The second-order valence-corrected chi connectivity index (χ2v) is 3.57. The number of carboxylic acids is 1. The molecule has 0 aliphatic carbocycles. The van der Waals surface area contributed by atoms with Gasteiger partial charge in [-0.1, -0.05) is 12.1 Å². The lowest BCUT2D eigenvalue weighted by Gasteiger charge is -2.06. The maximum Gasteiger partial charge on any atom is 0.337 e. The number of fused-ring (bicyclic) bond motifs is 1. The number of rotatable bonds is 1. The molecule has 0 radical (unpaired) electrons. The Bertz CT molecular complexity index is 547. The molecule has 1 N–H and O–H groups in total. The molecule has 76 valence electrons. The SMILES string of the molecule is Cc1cnc2c(C(=O)O)cccc2c1C. The van der Waals surface area contributed by atoms with Crippen molar-refractivity contribution >= 4 is 16.9 Å². The van der Waals surface area contributed by atoms with Crippen LogP contribution in [0.15, 0.2) is 24.4 Å². The fraction of sp³-hybridized carbons (Fsp3) is 0.167. The quantitative estimate of drug-likeness (QED) is 0.771. The number of carboxylic acid groups (broad SMARTS) is 1. The Balaban J connectivity index is 2.89. The van der Waals surface area contributed by atoms with Gasteiger partial charge >= 0.3 is 5.97 Å². The molecule has 2 rings (SSSR count). The minimum Gasteiger partial charge on any atom is -0.478 e. The summed E-state index contributed by atoms with van der Waals surface area (Å²) in [7, 11) is 0. The molecular formula is C12H11NO2. The molecule has 0 bridgehead atoms. The third-order valence-corrected chi connectivity index (χ3v) is 2.65. The van der Waals surface area contributed by atoms with Gasteiger partial charge in [0.1, 0.15) is 0 Å². The summed E-state index contributed by atoms with van der Waals surface area (Å²) in [4.78, 5) is 15.2. The van der Waals surface area contributed by atoms with Crippen LogP contribution < -0.4 is 0 Å².